The molecule has 0 saturated carbocycles. The summed E-state index contributed by atoms with van der Waals surface area (Å²) in [7, 11) is 0. The van der Waals surface area contributed by atoms with Gasteiger partial charge in [0.05, 0.1) is 11.4 Å². The summed E-state index contributed by atoms with van der Waals surface area (Å²) in [6.45, 7) is 8.61. The second-order valence-electron chi connectivity index (χ2n) is 4.75. The Kier molecular flexibility index (Phi) is 2.52. The fraction of sp³-hybridized carbons (Fsp3) is 0.727. The van der Waals surface area contributed by atoms with E-state index >= 15 is 0 Å². The number of nitrogens with zero attached hydrogens (tertiary/aromatic N) is 3. The van der Waals surface area contributed by atoms with Crippen LogP contribution in [0, 0.1) is 0 Å². The van der Waals surface area contributed by atoms with E-state index in [9.17, 15) is 0 Å². The number of piperazine rings is 1. The third-order valence-electron chi connectivity index (χ3n) is 3.47. The van der Waals surface area contributed by atoms with Gasteiger partial charge in [-0.3, -0.25) is 4.90 Å². The van der Waals surface area contributed by atoms with Crippen LogP contribution < -0.4 is 9.64 Å². The van der Waals surface area contributed by atoms with E-state index < -0.39 is 0 Å². The van der Waals surface area contributed by atoms with Gasteiger partial charge in [0.15, 0.2) is 11.6 Å². The van der Waals surface area contributed by atoms with E-state index in [1.54, 1.807) is 0 Å². The monoisotopic (exact) mass is 239 g/mol. The number of hydrogen-bond acceptors (Lipinski definition) is 5. The van der Waals surface area contributed by atoms with E-state index in [-0.39, 0.29) is 0 Å². The van der Waals surface area contributed by atoms with Gasteiger partial charge in [-0.15, -0.1) is 0 Å². The van der Waals surface area contributed by atoms with Gasteiger partial charge in [0, 0.05) is 25.7 Å². The predicted octanol–water partition coefficient (Wildman–Crippen LogP) is 1.43. The Morgan fingerprint density at radius 3 is 3.19 bits per heavy atom. The first-order valence-electron chi connectivity index (χ1n) is 5.83. The minimum absolute atomic E-state index is 0.478. The maximum Gasteiger partial charge on any atom is 0.185 e. The van der Waals surface area contributed by atoms with Crippen LogP contribution in [-0.4, -0.2) is 47.6 Å². The van der Waals surface area contributed by atoms with Crippen LogP contribution in [0.2, 0.25) is 0 Å². The van der Waals surface area contributed by atoms with Gasteiger partial charge in [-0.05, 0) is 25.4 Å². The van der Waals surface area contributed by atoms with E-state index in [0.717, 1.165) is 37.8 Å². The van der Waals surface area contributed by atoms with Crippen molar-refractivity contribution in [1.82, 2.24) is 9.27 Å². The highest BCUT2D eigenvalue weighted by molar-refractivity contribution is 7.04. The molecule has 0 bridgehead atoms. The molecule has 0 amide bonds. The summed E-state index contributed by atoms with van der Waals surface area (Å²) in [4.78, 5) is 4.93. The highest BCUT2D eigenvalue weighted by Crippen LogP contribution is 2.35. The smallest absolute Gasteiger partial charge is 0.185 e. The Bertz CT molecular complexity index is 379. The van der Waals surface area contributed by atoms with Gasteiger partial charge in [-0.25, -0.2) is 0 Å². The molecule has 5 heteroatoms. The van der Waals surface area contributed by atoms with Crippen molar-refractivity contribution in [3.8, 4) is 5.75 Å². The average molecular weight is 239 g/mol. The predicted molar refractivity (Wildman–Crippen MR) is 65.5 cm³/mol. The molecule has 2 aliphatic rings. The Balaban J connectivity index is 1.80. The lowest BCUT2D eigenvalue weighted by Crippen LogP contribution is -2.58. The van der Waals surface area contributed by atoms with Crippen molar-refractivity contribution in [2.45, 2.75) is 25.9 Å². The number of hydrogen-bond donors (Lipinski definition) is 0. The zero-order chi connectivity index (χ0) is 11.1. The molecule has 1 aromatic rings. The molecule has 3 rings (SSSR count). The van der Waals surface area contributed by atoms with Gasteiger partial charge in [0.2, 0.25) is 0 Å². The Labute approximate surface area is 100.0 Å². The third-order valence-corrected chi connectivity index (χ3v) is 4.06. The SMILES string of the molecule is CC(C)N1CCN2c3nscc3OCC2C1. The van der Waals surface area contributed by atoms with Crippen molar-refractivity contribution in [1.29, 1.82) is 0 Å². The number of ether oxygens (including phenoxy) is 1. The van der Waals surface area contributed by atoms with Crippen LogP contribution in [0.5, 0.6) is 5.75 Å². The van der Waals surface area contributed by atoms with Crippen LogP contribution in [0.4, 0.5) is 5.82 Å². The van der Waals surface area contributed by atoms with Gasteiger partial charge in [-0.2, -0.15) is 4.37 Å². The van der Waals surface area contributed by atoms with Crippen LogP contribution in [0.25, 0.3) is 0 Å². The molecule has 3 heterocycles. The maximum absolute atomic E-state index is 5.74. The second-order valence-corrected chi connectivity index (χ2v) is 5.38. The topological polar surface area (TPSA) is 28.6 Å². The van der Waals surface area contributed by atoms with Crippen molar-refractivity contribution in [3.05, 3.63) is 5.38 Å². The van der Waals surface area contributed by atoms with Crippen molar-refractivity contribution >= 4 is 17.4 Å². The lowest BCUT2D eigenvalue weighted by atomic mass is 10.1. The van der Waals surface area contributed by atoms with Crippen LogP contribution >= 0.6 is 11.5 Å². The van der Waals surface area contributed by atoms with E-state index in [0.29, 0.717) is 12.1 Å². The molecule has 1 saturated heterocycles. The van der Waals surface area contributed by atoms with Crippen molar-refractivity contribution in [2.24, 2.45) is 0 Å². The van der Waals surface area contributed by atoms with Gasteiger partial charge in [-0.1, -0.05) is 0 Å². The number of aromatic nitrogens is 1. The molecule has 1 aromatic heterocycles. The number of rotatable bonds is 1. The van der Waals surface area contributed by atoms with E-state index in [1.165, 1.54) is 11.5 Å². The van der Waals surface area contributed by atoms with Gasteiger partial charge in [0.1, 0.15) is 6.61 Å². The first-order chi connectivity index (χ1) is 7.75. The van der Waals surface area contributed by atoms with Crippen molar-refractivity contribution < 1.29 is 4.74 Å². The lowest BCUT2D eigenvalue weighted by Gasteiger charge is -2.45. The van der Waals surface area contributed by atoms with Crippen molar-refractivity contribution in [3.63, 3.8) is 0 Å². The third kappa shape index (κ3) is 1.58. The first kappa shape index (κ1) is 10.4. The highest BCUT2D eigenvalue weighted by atomic mass is 32.1. The van der Waals surface area contributed by atoms with Gasteiger partial charge < -0.3 is 9.64 Å². The summed E-state index contributed by atoms with van der Waals surface area (Å²) >= 11 is 1.49. The van der Waals surface area contributed by atoms with Crippen LogP contribution in [0.15, 0.2) is 5.38 Å². The normalized spacial score (nSPS) is 25.2. The zero-order valence-electron chi connectivity index (χ0n) is 9.72. The molecule has 88 valence electrons. The summed E-state index contributed by atoms with van der Waals surface area (Å²) in [6.07, 6.45) is 0. The summed E-state index contributed by atoms with van der Waals surface area (Å²) in [5, 5.41) is 2.00. The minimum atomic E-state index is 0.478. The summed E-state index contributed by atoms with van der Waals surface area (Å²) in [6, 6.07) is 1.10. The van der Waals surface area contributed by atoms with E-state index in [2.05, 4.69) is 28.0 Å². The van der Waals surface area contributed by atoms with Crippen LogP contribution in [0.1, 0.15) is 13.8 Å². The van der Waals surface area contributed by atoms with Crippen LogP contribution in [0.3, 0.4) is 0 Å². The van der Waals surface area contributed by atoms with E-state index in [1.807, 2.05) is 5.38 Å². The molecular weight excluding hydrogens is 222 g/mol. The fourth-order valence-corrected chi connectivity index (χ4v) is 3.09. The molecule has 1 fully saturated rings. The molecule has 4 nitrogen and oxygen atoms in total. The first-order valence-corrected chi connectivity index (χ1v) is 6.67. The molecule has 0 aliphatic carbocycles. The maximum atomic E-state index is 5.74. The standard InChI is InChI=1S/C11H17N3OS/c1-8(2)13-3-4-14-9(5-13)6-15-10-7-16-12-11(10)14/h7-9H,3-6H2,1-2H3. The van der Waals surface area contributed by atoms with Gasteiger partial charge in [0.25, 0.3) is 0 Å². The lowest BCUT2D eigenvalue weighted by molar-refractivity contribution is 0.141. The summed E-state index contributed by atoms with van der Waals surface area (Å²) in [5.74, 6) is 2.03. The fourth-order valence-electron chi connectivity index (χ4n) is 2.47. The molecule has 0 N–H and O–H groups in total. The molecule has 2 aliphatic heterocycles. The molecule has 16 heavy (non-hydrogen) atoms. The zero-order valence-corrected chi connectivity index (χ0v) is 10.5. The molecule has 0 spiro atoms. The van der Waals surface area contributed by atoms with Crippen LogP contribution in [-0.2, 0) is 0 Å². The van der Waals surface area contributed by atoms with Crippen molar-refractivity contribution in [2.75, 3.05) is 31.1 Å². The molecule has 0 aromatic carbocycles. The Morgan fingerprint density at radius 2 is 2.38 bits per heavy atom. The molecule has 1 unspecified atom stereocenters. The highest BCUT2D eigenvalue weighted by Gasteiger charge is 2.34. The Morgan fingerprint density at radius 1 is 1.50 bits per heavy atom. The molecular formula is C11H17N3OS. The average Bonchev–Trinajstić information content (AvgIpc) is 2.76. The summed E-state index contributed by atoms with van der Waals surface area (Å²) < 4.78 is 10.2. The largest absolute Gasteiger partial charge is 0.487 e. The van der Waals surface area contributed by atoms with E-state index in [4.69, 9.17) is 4.74 Å². The van der Waals surface area contributed by atoms with Gasteiger partial charge >= 0.3 is 0 Å². The molecule has 1 atom stereocenters. The number of anilines is 1. The molecule has 0 radical (unpaired) electrons. The Hall–Kier alpha value is -0.810. The quantitative estimate of drug-likeness (QED) is 0.741. The second kappa shape index (κ2) is 3.89. The summed E-state index contributed by atoms with van der Waals surface area (Å²) in [5.41, 5.74) is 0. The number of fused-ring (bicyclic) bond motifs is 3. The minimum Gasteiger partial charge on any atom is -0.487 e.